The molecule has 0 aliphatic heterocycles. The number of rotatable bonds is 6. The quantitative estimate of drug-likeness (QED) is 0.155. The number of pyridine rings is 1. The monoisotopic (exact) mass is 1070 g/mol. The van der Waals surface area contributed by atoms with Crippen LogP contribution in [-0.2, 0) is 30.9 Å². The van der Waals surface area contributed by atoms with Crippen molar-refractivity contribution >= 4 is 54.8 Å². The first-order chi connectivity index (χ1) is 32.2. The summed E-state index contributed by atoms with van der Waals surface area (Å²) < 4.78 is 15.7. The first-order valence-electron chi connectivity index (χ1n) is 23.4. The SMILES string of the molecule is CC(C)(C)c1ccnc(-c2[c-]cccc2)c1.CC(C)c1cc(-c2ccccc2)cc(C(C)C)c1-n1c(-c2[c-]c3nc(C(C)(C)C)oc3c3c2oc2ccccc23)nc2ccc3ccccc3c21.[Ir]. The first-order valence-corrected chi connectivity index (χ1v) is 23.4. The molecule has 0 spiro atoms. The van der Waals surface area contributed by atoms with Gasteiger partial charge in [0.15, 0.2) is 5.89 Å². The van der Waals surface area contributed by atoms with E-state index < -0.39 is 0 Å². The van der Waals surface area contributed by atoms with E-state index in [0.717, 1.165) is 66.5 Å². The molecule has 4 aromatic heterocycles. The van der Waals surface area contributed by atoms with Crippen molar-refractivity contribution in [1.82, 2.24) is 19.5 Å². The fourth-order valence-electron chi connectivity index (χ4n) is 9.11. The summed E-state index contributed by atoms with van der Waals surface area (Å²) in [5.41, 5.74) is 14.9. The second-order valence-corrected chi connectivity index (χ2v) is 20.3. The van der Waals surface area contributed by atoms with E-state index in [0.29, 0.717) is 22.6 Å². The molecule has 0 aliphatic carbocycles. The fourth-order valence-corrected chi connectivity index (χ4v) is 9.11. The van der Waals surface area contributed by atoms with Gasteiger partial charge >= 0.3 is 0 Å². The number of para-hydroxylation sites is 1. The summed E-state index contributed by atoms with van der Waals surface area (Å²) in [6.45, 7) is 22.1. The van der Waals surface area contributed by atoms with Gasteiger partial charge < -0.3 is 18.4 Å². The van der Waals surface area contributed by atoms with Crippen molar-refractivity contribution < 1.29 is 28.9 Å². The van der Waals surface area contributed by atoms with Crippen molar-refractivity contribution in [2.45, 2.75) is 91.9 Å². The van der Waals surface area contributed by atoms with Crippen LogP contribution in [0.15, 0.2) is 155 Å². The van der Waals surface area contributed by atoms with Gasteiger partial charge in [0.1, 0.15) is 5.58 Å². The summed E-state index contributed by atoms with van der Waals surface area (Å²) in [5, 5.41) is 4.18. The summed E-state index contributed by atoms with van der Waals surface area (Å²) in [5.74, 6) is 1.88. The van der Waals surface area contributed by atoms with E-state index in [1.165, 1.54) is 27.8 Å². The second kappa shape index (κ2) is 18.1. The van der Waals surface area contributed by atoms with Gasteiger partial charge in [0.25, 0.3) is 0 Å². The number of furan rings is 1. The third-order valence-corrected chi connectivity index (χ3v) is 12.7. The van der Waals surface area contributed by atoms with Gasteiger partial charge in [0.05, 0.1) is 28.0 Å². The van der Waals surface area contributed by atoms with Gasteiger partial charge in [-0.25, -0.2) is 4.98 Å². The molecule has 0 saturated heterocycles. The largest absolute Gasteiger partial charge is 0.500 e. The molecule has 1 radical (unpaired) electrons. The Kier molecular flexibility index (Phi) is 12.4. The van der Waals surface area contributed by atoms with Crippen LogP contribution in [0.5, 0.6) is 0 Å². The van der Waals surface area contributed by atoms with Crippen LogP contribution in [0.2, 0.25) is 0 Å². The summed E-state index contributed by atoms with van der Waals surface area (Å²) in [7, 11) is 0. The standard InChI is InChI=1S/C46H40N3O2.C15H16N.Ir/c1-26(2)33-23-30(28-15-9-8-10-16-28)24-34(27(3)4)40(33)49-41-31-18-12-11-17-29(31)21-22-36(41)47-44(49)35-25-37-43(51-45(48-37)46(5,6)7)39-32-19-13-14-20-38(32)50-42(35)39;1-15(2,3)13-9-10-16-14(11-13)12-7-5-4-6-8-12;/h8-24,26-27H,1-7H3;4-7,9-11H,1-3H3;/q2*-1;. The molecule has 0 bridgehead atoms. The van der Waals surface area contributed by atoms with Crippen molar-refractivity contribution in [3.05, 3.63) is 180 Å². The minimum absolute atomic E-state index is 0. The molecular weight excluding hydrogens is 1010 g/mol. The van der Waals surface area contributed by atoms with E-state index in [2.05, 4.69) is 188 Å². The van der Waals surface area contributed by atoms with E-state index in [-0.39, 0.29) is 42.8 Å². The maximum Gasteiger partial charge on any atom is 0.188 e. The van der Waals surface area contributed by atoms with Gasteiger partial charge in [-0.1, -0.05) is 160 Å². The molecule has 7 heteroatoms. The molecule has 0 fully saturated rings. The normalized spacial score (nSPS) is 12.1. The Hall–Kier alpha value is -6.66. The smallest absolute Gasteiger partial charge is 0.188 e. The van der Waals surface area contributed by atoms with Gasteiger partial charge in [-0.3, -0.25) is 4.98 Å². The minimum Gasteiger partial charge on any atom is -0.500 e. The molecule has 0 aliphatic rings. The molecule has 6 nitrogen and oxygen atoms in total. The molecule has 4 heterocycles. The summed E-state index contributed by atoms with van der Waals surface area (Å²) in [6.07, 6.45) is 1.87. The van der Waals surface area contributed by atoms with Crippen LogP contribution in [0.3, 0.4) is 0 Å². The number of hydrogen-bond donors (Lipinski definition) is 0. The molecule has 0 atom stereocenters. The molecule has 0 saturated carbocycles. The van der Waals surface area contributed by atoms with Gasteiger partial charge in [0, 0.05) is 53.7 Å². The Morgan fingerprint density at radius 1 is 0.618 bits per heavy atom. The Morgan fingerprint density at radius 3 is 1.97 bits per heavy atom. The molecule has 0 amide bonds. The van der Waals surface area contributed by atoms with Crippen LogP contribution in [0.25, 0.3) is 94.3 Å². The van der Waals surface area contributed by atoms with Crippen LogP contribution < -0.4 is 0 Å². The van der Waals surface area contributed by atoms with Crippen molar-refractivity contribution in [3.8, 4) is 39.5 Å². The van der Waals surface area contributed by atoms with E-state index in [1.54, 1.807) is 0 Å². The number of fused-ring (bicyclic) bond motifs is 8. The molecule has 68 heavy (non-hydrogen) atoms. The molecule has 11 rings (SSSR count). The third kappa shape index (κ3) is 8.48. The average molecular weight is 1070 g/mol. The maximum absolute atomic E-state index is 6.78. The van der Waals surface area contributed by atoms with Gasteiger partial charge in [-0.15, -0.1) is 42.0 Å². The number of imidazole rings is 1. The maximum atomic E-state index is 6.78. The number of oxazole rings is 1. The molecule has 7 aromatic carbocycles. The molecular formula is C61H56IrN4O2-2. The zero-order chi connectivity index (χ0) is 46.8. The van der Waals surface area contributed by atoms with Crippen molar-refractivity contribution in [2.24, 2.45) is 0 Å². The third-order valence-electron chi connectivity index (χ3n) is 12.7. The van der Waals surface area contributed by atoms with Crippen LogP contribution in [-0.4, -0.2) is 19.5 Å². The fraction of sp³-hybridized carbons (Fsp3) is 0.230. The number of hydrogen-bond acceptors (Lipinski definition) is 5. The Balaban J connectivity index is 0.000000289. The predicted octanol–water partition coefficient (Wildman–Crippen LogP) is 16.7. The number of aromatic nitrogens is 4. The minimum atomic E-state index is -0.288. The summed E-state index contributed by atoms with van der Waals surface area (Å²) >= 11 is 0. The Morgan fingerprint density at radius 2 is 1.29 bits per heavy atom. The zero-order valence-electron chi connectivity index (χ0n) is 40.4. The van der Waals surface area contributed by atoms with E-state index in [1.807, 2.05) is 48.7 Å². The van der Waals surface area contributed by atoms with Crippen molar-refractivity contribution in [3.63, 3.8) is 0 Å². The van der Waals surface area contributed by atoms with E-state index in [9.17, 15) is 0 Å². The van der Waals surface area contributed by atoms with Crippen molar-refractivity contribution in [2.75, 3.05) is 0 Å². The molecule has 343 valence electrons. The number of benzene rings is 7. The molecule has 0 unspecified atom stereocenters. The van der Waals surface area contributed by atoms with Gasteiger partial charge in [0.2, 0.25) is 0 Å². The van der Waals surface area contributed by atoms with Crippen LogP contribution in [0.4, 0.5) is 0 Å². The summed E-state index contributed by atoms with van der Waals surface area (Å²) in [6, 6.07) is 55.6. The number of nitrogens with zero attached hydrogens (tertiary/aromatic N) is 4. The zero-order valence-corrected chi connectivity index (χ0v) is 42.8. The first kappa shape index (κ1) is 46.4. The van der Waals surface area contributed by atoms with Crippen molar-refractivity contribution in [1.29, 1.82) is 0 Å². The van der Waals surface area contributed by atoms with Gasteiger partial charge in [-0.2, -0.15) is 0 Å². The van der Waals surface area contributed by atoms with E-state index in [4.69, 9.17) is 18.8 Å². The second-order valence-electron chi connectivity index (χ2n) is 20.3. The topological polar surface area (TPSA) is 69.9 Å². The average Bonchev–Trinajstić information content (AvgIpc) is 4.05. The Labute approximate surface area is 412 Å². The van der Waals surface area contributed by atoms with Crippen LogP contribution >= 0.6 is 0 Å². The summed E-state index contributed by atoms with van der Waals surface area (Å²) in [4.78, 5) is 14.9. The predicted molar refractivity (Wildman–Crippen MR) is 277 cm³/mol. The van der Waals surface area contributed by atoms with Gasteiger partial charge in [-0.05, 0) is 91.9 Å². The Bertz CT molecular complexity index is 3570. The van der Waals surface area contributed by atoms with E-state index >= 15 is 0 Å². The van der Waals surface area contributed by atoms with Crippen LogP contribution in [0.1, 0.15) is 104 Å². The molecule has 11 aromatic rings. The molecule has 0 N–H and O–H groups in total. The van der Waals surface area contributed by atoms with Crippen LogP contribution in [0, 0.1) is 12.1 Å².